The Labute approximate surface area is 123 Å². The minimum absolute atomic E-state index is 0.568. The maximum absolute atomic E-state index is 3.70. The molecule has 17 heavy (non-hydrogen) atoms. The van der Waals surface area contributed by atoms with Crippen molar-refractivity contribution in [3.8, 4) is 0 Å². The summed E-state index contributed by atoms with van der Waals surface area (Å²) in [6, 6.07) is 5.14. The van der Waals surface area contributed by atoms with Crippen molar-refractivity contribution in [1.82, 2.24) is 5.32 Å². The number of hydrogen-bond donors (Lipinski definition) is 1. The van der Waals surface area contributed by atoms with E-state index in [-0.39, 0.29) is 0 Å². The molecule has 0 bridgehead atoms. The van der Waals surface area contributed by atoms with E-state index < -0.39 is 0 Å². The summed E-state index contributed by atoms with van der Waals surface area (Å²) in [5.74, 6) is 0. The van der Waals surface area contributed by atoms with Gasteiger partial charge < -0.3 is 5.32 Å². The molecule has 0 saturated carbocycles. The summed E-state index contributed by atoms with van der Waals surface area (Å²) in [5, 5.41) is 8.08. The Morgan fingerprint density at radius 3 is 3.24 bits per heavy atom. The van der Waals surface area contributed by atoms with Crippen LogP contribution in [-0.2, 0) is 13.0 Å². The number of hydrogen-bond acceptors (Lipinski definition) is 3. The zero-order chi connectivity index (χ0) is 11.7. The van der Waals surface area contributed by atoms with Crippen LogP contribution in [0, 0.1) is 2.88 Å². The highest BCUT2D eigenvalue weighted by Crippen LogP contribution is 2.36. The van der Waals surface area contributed by atoms with Gasteiger partial charge >= 0.3 is 0 Å². The van der Waals surface area contributed by atoms with Crippen LogP contribution < -0.4 is 5.32 Å². The molecule has 0 radical (unpaired) electrons. The van der Waals surface area contributed by atoms with E-state index in [2.05, 4.69) is 50.8 Å². The lowest BCUT2D eigenvalue weighted by atomic mass is 9.94. The van der Waals surface area contributed by atoms with Gasteiger partial charge in [0, 0.05) is 17.5 Å². The first-order valence-corrected chi connectivity index (χ1v) is 8.69. The van der Waals surface area contributed by atoms with Gasteiger partial charge in [-0.1, -0.05) is 0 Å². The lowest BCUT2D eigenvalue weighted by molar-refractivity contribution is 0.463. The molecule has 1 aliphatic carbocycles. The molecule has 2 heterocycles. The molecule has 0 amide bonds. The number of rotatable bonds is 3. The van der Waals surface area contributed by atoms with Gasteiger partial charge in [0.05, 0.1) is 2.88 Å². The second-order valence-electron chi connectivity index (χ2n) is 4.39. The van der Waals surface area contributed by atoms with E-state index in [1.165, 1.54) is 27.7 Å². The van der Waals surface area contributed by atoms with Gasteiger partial charge in [0.15, 0.2) is 0 Å². The second kappa shape index (κ2) is 5.38. The van der Waals surface area contributed by atoms with Crippen LogP contribution in [0.25, 0.3) is 0 Å². The summed E-state index contributed by atoms with van der Waals surface area (Å²) in [5.41, 5.74) is 2.97. The highest BCUT2D eigenvalue weighted by molar-refractivity contribution is 14.1. The van der Waals surface area contributed by atoms with Gasteiger partial charge in [-0.05, 0) is 75.9 Å². The average molecular weight is 375 g/mol. The smallest absolute Gasteiger partial charge is 0.0659 e. The highest BCUT2D eigenvalue weighted by Gasteiger charge is 2.21. The summed E-state index contributed by atoms with van der Waals surface area (Å²) in [4.78, 5) is 1.60. The molecule has 0 aromatic carbocycles. The van der Waals surface area contributed by atoms with E-state index in [9.17, 15) is 0 Å². The largest absolute Gasteiger partial charge is 0.306 e. The average Bonchev–Trinajstić information content (AvgIpc) is 2.93. The SMILES string of the molecule is Ic1cc2c(s1)CCCC2NCc1ccsc1. The maximum atomic E-state index is 3.70. The van der Waals surface area contributed by atoms with Crippen LogP contribution in [0.3, 0.4) is 0 Å². The number of thiophene rings is 2. The Kier molecular flexibility index (Phi) is 3.84. The molecule has 1 unspecified atom stereocenters. The van der Waals surface area contributed by atoms with E-state index in [0.29, 0.717) is 6.04 Å². The van der Waals surface area contributed by atoms with E-state index in [1.807, 2.05) is 11.3 Å². The van der Waals surface area contributed by atoms with Crippen LogP contribution in [0.1, 0.15) is 34.9 Å². The van der Waals surface area contributed by atoms with Crippen molar-refractivity contribution in [1.29, 1.82) is 0 Å². The zero-order valence-electron chi connectivity index (χ0n) is 9.41. The quantitative estimate of drug-likeness (QED) is 0.775. The van der Waals surface area contributed by atoms with Crippen LogP contribution in [0.4, 0.5) is 0 Å². The molecule has 1 atom stereocenters. The molecule has 90 valence electrons. The number of halogens is 1. The van der Waals surface area contributed by atoms with Crippen molar-refractivity contribution in [2.45, 2.75) is 31.8 Å². The van der Waals surface area contributed by atoms with Crippen molar-refractivity contribution < 1.29 is 0 Å². The molecule has 3 rings (SSSR count). The molecular weight excluding hydrogens is 361 g/mol. The van der Waals surface area contributed by atoms with Crippen molar-refractivity contribution in [2.24, 2.45) is 0 Å². The van der Waals surface area contributed by atoms with Crippen molar-refractivity contribution >= 4 is 45.3 Å². The third-order valence-corrected chi connectivity index (χ3v) is 5.92. The molecule has 0 fully saturated rings. The molecule has 1 nitrogen and oxygen atoms in total. The van der Waals surface area contributed by atoms with Gasteiger partial charge in [-0.25, -0.2) is 0 Å². The predicted octanol–water partition coefficient (Wildman–Crippen LogP) is 4.58. The van der Waals surface area contributed by atoms with Crippen LogP contribution in [0.5, 0.6) is 0 Å². The first kappa shape index (κ1) is 12.1. The molecular formula is C13H14INS2. The number of nitrogens with one attached hydrogen (secondary N) is 1. The summed E-state index contributed by atoms with van der Waals surface area (Å²) in [6.45, 7) is 1.00. The first-order chi connectivity index (χ1) is 8.33. The van der Waals surface area contributed by atoms with Crippen molar-refractivity contribution in [3.63, 3.8) is 0 Å². The minimum atomic E-state index is 0.568. The summed E-state index contributed by atoms with van der Waals surface area (Å²) in [6.07, 6.45) is 3.88. The fourth-order valence-corrected chi connectivity index (χ4v) is 5.16. The van der Waals surface area contributed by atoms with Gasteiger partial charge in [-0.3, -0.25) is 0 Å². The third-order valence-electron chi connectivity index (χ3n) is 3.22. The predicted molar refractivity (Wildman–Crippen MR) is 83.9 cm³/mol. The monoisotopic (exact) mass is 375 g/mol. The zero-order valence-corrected chi connectivity index (χ0v) is 13.2. The molecule has 0 spiro atoms. The van der Waals surface area contributed by atoms with Gasteiger partial charge in [-0.15, -0.1) is 11.3 Å². The second-order valence-corrected chi connectivity index (χ2v) is 8.20. The molecule has 1 N–H and O–H groups in total. The molecule has 2 aromatic rings. The lowest BCUT2D eigenvalue weighted by Crippen LogP contribution is -2.23. The molecule has 2 aromatic heterocycles. The van der Waals surface area contributed by atoms with Gasteiger partial charge in [0.2, 0.25) is 0 Å². The Balaban J connectivity index is 1.72. The number of aryl methyl sites for hydroxylation is 1. The maximum Gasteiger partial charge on any atom is 0.0659 e. The minimum Gasteiger partial charge on any atom is -0.306 e. The fraction of sp³-hybridized carbons (Fsp3) is 0.385. The van der Waals surface area contributed by atoms with Crippen LogP contribution in [0.15, 0.2) is 22.9 Å². The molecule has 0 saturated heterocycles. The van der Waals surface area contributed by atoms with Crippen molar-refractivity contribution in [3.05, 3.63) is 41.8 Å². The van der Waals surface area contributed by atoms with Crippen molar-refractivity contribution in [2.75, 3.05) is 0 Å². The fourth-order valence-electron chi connectivity index (χ4n) is 2.37. The summed E-state index contributed by atoms with van der Waals surface area (Å²) < 4.78 is 1.43. The van der Waals surface area contributed by atoms with Gasteiger partial charge in [0.25, 0.3) is 0 Å². The normalized spacial score (nSPS) is 19.2. The van der Waals surface area contributed by atoms with E-state index in [0.717, 1.165) is 6.54 Å². The third kappa shape index (κ3) is 2.75. The highest BCUT2D eigenvalue weighted by atomic mass is 127. The standard InChI is InChI=1S/C13H14INS2/c14-13-6-10-11(2-1-3-12(10)17-13)15-7-9-4-5-16-8-9/h4-6,8,11,15H,1-3,7H2. The molecule has 1 aliphatic rings. The Morgan fingerprint density at radius 1 is 1.47 bits per heavy atom. The van der Waals surface area contributed by atoms with Crippen LogP contribution >= 0.6 is 45.3 Å². The number of fused-ring (bicyclic) bond motifs is 1. The van der Waals surface area contributed by atoms with Gasteiger partial charge in [0.1, 0.15) is 0 Å². The topological polar surface area (TPSA) is 12.0 Å². The Hall–Kier alpha value is 0.0900. The van der Waals surface area contributed by atoms with Crippen LogP contribution in [0.2, 0.25) is 0 Å². The van der Waals surface area contributed by atoms with Gasteiger partial charge in [-0.2, -0.15) is 11.3 Å². The lowest BCUT2D eigenvalue weighted by Gasteiger charge is -2.23. The summed E-state index contributed by atoms with van der Waals surface area (Å²) >= 11 is 6.18. The summed E-state index contributed by atoms with van der Waals surface area (Å²) in [7, 11) is 0. The van der Waals surface area contributed by atoms with E-state index in [1.54, 1.807) is 21.8 Å². The molecule has 4 heteroatoms. The van der Waals surface area contributed by atoms with Crippen LogP contribution in [-0.4, -0.2) is 0 Å². The first-order valence-electron chi connectivity index (χ1n) is 5.85. The molecule has 0 aliphatic heterocycles. The Morgan fingerprint density at radius 2 is 2.41 bits per heavy atom. The van der Waals surface area contributed by atoms with E-state index >= 15 is 0 Å². The van der Waals surface area contributed by atoms with E-state index in [4.69, 9.17) is 0 Å². The Bertz CT molecular complexity index is 489.